The average Bonchev–Trinajstić information content (AvgIpc) is 2.64. The molecule has 0 atom stereocenters. The first-order chi connectivity index (χ1) is 9.76. The van der Waals surface area contributed by atoms with Crippen LogP contribution in [-0.2, 0) is 17.1 Å². The van der Waals surface area contributed by atoms with Crippen LogP contribution in [0.4, 0.5) is 11.4 Å². The molecule has 0 saturated heterocycles. The number of hydrogen-bond donors (Lipinski definition) is 2. The Morgan fingerprint density at radius 2 is 2.00 bits per heavy atom. The van der Waals surface area contributed by atoms with Crippen LogP contribution in [0.2, 0.25) is 0 Å². The number of aryl methyl sites for hydroxylation is 2. The van der Waals surface area contributed by atoms with Crippen molar-refractivity contribution in [1.29, 1.82) is 0 Å². The maximum absolute atomic E-state index is 12.5. The highest BCUT2D eigenvalue weighted by Gasteiger charge is 2.22. The first-order valence-electron chi connectivity index (χ1n) is 6.23. The molecule has 2 rings (SSSR count). The first kappa shape index (κ1) is 15.2. The largest absolute Gasteiger partial charge is 0.495 e. The standard InChI is InChI=1S/C13H18N4O3S/c1-8-13(9(2)17(3)15-8)16-21(18,19)12-6-5-10(14)7-11(12)20-4/h5-7,16H,14H2,1-4H3. The number of nitrogens with two attached hydrogens (primary N) is 1. The molecule has 0 amide bonds. The molecule has 0 spiro atoms. The Morgan fingerprint density at radius 3 is 2.52 bits per heavy atom. The molecule has 0 aliphatic carbocycles. The number of nitrogens with zero attached hydrogens (tertiary/aromatic N) is 2. The summed E-state index contributed by atoms with van der Waals surface area (Å²) in [7, 11) is -0.637. The van der Waals surface area contributed by atoms with Crippen LogP contribution in [0.25, 0.3) is 0 Å². The Kier molecular flexibility index (Phi) is 3.82. The second-order valence-electron chi connectivity index (χ2n) is 4.69. The van der Waals surface area contributed by atoms with Crippen molar-refractivity contribution >= 4 is 21.4 Å². The van der Waals surface area contributed by atoms with E-state index in [-0.39, 0.29) is 10.6 Å². The van der Waals surface area contributed by atoms with Crippen LogP contribution in [-0.4, -0.2) is 25.3 Å². The molecule has 1 aromatic heterocycles. The lowest BCUT2D eigenvalue weighted by Crippen LogP contribution is -2.15. The Hall–Kier alpha value is -2.22. The number of nitrogen functional groups attached to an aromatic ring is 1. The SMILES string of the molecule is COc1cc(N)ccc1S(=O)(=O)Nc1c(C)nn(C)c1C. The summed E-state index contributed by atoms with van der Waals surface area (Å²) in [6, 6.07) is 4.40. The summed E-state index contributed by atoms with van der Waals surface area (Å²) in [6.45, 7) is 3.53. The Labute approximate surface area is 123 Å². The van der Waals surface area contributed by atoms with Crippen molar-refractivity contribution in [2.75, 3.05) is 17.6 Å². The fourth-order valence-corrected chi connectivity index (χ4v) is 3.35. The van der Waals surface area contributed by atoms with Crippen LogP contribution >= 0.6 is 0 Å². The van der Waals surface area contributed by atoms with E-state index in [0.29, 0.717) is 17.1 Å². The number of aromatic nitrogens is 2. The Bertz CT molecular complexity index is 781. The lowest BCUT2D eigenvalue weighted by molar-refractivity contribution is 0.403. The summed E-state index contributed by atoms with van der Waals surface area (Å²) in [5.41, 5.74) is 7.87. The van der Waals surface area contributed by atoms with E-state index in [2.05, 4.69) is 9.82 Å². The summed E-state index contributed by atoms with van der Waals surface area (Å²) >= 11 is 0. The number of hydrogen-bond acceptors (Lipinski definition) is 5. The summed E-state index contributed by atoms with van der Waals surface area (Å²) in [6.07, 6.45) is 0. The van der Waals surface area contributed by atoms with Gasteiger partial charge in [-0.25, -0.2) is 8.42 Å². The van der Waals surface area contributed by atoms with Crippen molar-refractivity contribution in [3.8, 4) is 5.75 Å². The van der Waals surface area contributed by atoms with Gasteiger partial charge >= 0.3 is 0 Å². The quantitative estimate of drug-likeness (QED) is 0.832. The van der Waals surface area contributed by atoms with Crippen molar-refractivity contribution in [2.45, 2.75) is 18.7 Å². The second-order valence-corrected chi connectivity index (χ2v) is 6.34. The fraction of sp³-hybridized carbons (Fsp3) is 0.308. The Morgan fingerprint density at radius 1 is 1.33 bits per heavy atom. The van der Waals surface area contributed by atoms with Crippen LogP contribution in [0.5, 0.6) is 5.75 Å². The number of sulfonamides is 1. The highest BCUT2D eigenvalue weighted by atomic mass is 32.2. The van der Waals surface area contributed by atoms with Crippen LogP contribution in [0.15, 0.2) is 23.1 Å². The minimum atomic E-state index is -3.79. The van der Waals surface area contributed by atoms with Gasteiger partial charge in [0.2, 0.25) is 0 Å². The average molecular weight is 310 g/mol. The maximum Gasteiger partial charge on any atom is 0.265 e. The number of anilines is 2. The molecule has 8 heteroatoms. The molecule has 0 aliphatic heterocycles. The number of nitrogens with one attached hydrogen (secondary N) is 1. The van der Waals surface area contributed by atoms with E-state index >= 15 is 0 Å². The minimum Gasteiger partial charge on any atom is -0.495 e. The molecular formula is C13H18N4O3S. The molecule has 21 heavy (non-hydrogen) atoms. The van der Waals surface area contributed by atoms with Gasteiger partial charge in [0.25, 0.3) is 10.0 Å². The van der Waals surface area contributed by atoms with E-state index in [1.807, 2.05) is 0 Å². The lowest BCUT2D eigenvalue weighted by Gasteiger charge is -2.12. The third-order valence-electron chi connectivity index (χ3n) is 3.22. The second kappa shape index (κ2) is 5.28. The molecule has 0 bridgehead atoms. The molecule has 7 nitrogen and oxygen atoms in total. The molecule has 0 unspecified atom stereocenters. The van der Waals surface area contributed by atoms with Gasteiger partial charge in [0.1, 0.15) is 10.6 Å². The fourth-order valence-electron chi connectivity index (χ4n) is 2.02. The smallest absolute Gasteiger partial charge is 0.265 e. The molecular weight excluding hydrogens is 292 g/mol. The minimum absolute atomic E-state index is 0.0295. The van der Waals surface area contributed by atoms with Gasteiger partial charge in [0, 0.05) is 18.8 Å². The molecule has 2 aromatic rings. The first-order valence-corrected chi connectivity index (χ1v) is 7.71. The molecule has 0 fully saturated rings. The third kappa shape index (κ3) is 2.80. The van der Waals surface area contributed by atoms with E-state index in [1.165, 1.54) is 25.3 Å². The molecule has 0 saturated carbocycles. The van der Waals surface area contributed by atoms with Crippen molar-refractivity contribution in [3.63, 3.8) is 0 Å². The molecule has 0 radical (unpaired) electrons. The van der Waals surface area contributed by atoms with Gasteiger partial charge < -0.3 is 10.5 Å². The van der Waals surface area contributed by atoms with Gasteiger partial charge in [-0.3, -0.25) is 9.40 Å². The Balaban J connectivity index is 2.48. The monoisotopic (exact) mass is 310 g/mol. The van der Waals surface area contributed by atoms with Crippen LogP contribution < -0.4 is 15.2 Å². The number of ether oxygens (including phenoxy) is 1. The van der Waals surface area contributed by atoms with Crippen molar-refractivity contribution in [3.05, 3.63) is 29.6 Å². The summed E-state index contributed by atoms with van der Waals surface area (Å²) in [5, 5.41) is 4.18. The van der Waals surface area contributed by atoms with Crippen molar-refractivity contribution < 1.29 is 13.2 Å². The van der Waals surface area contributed by atoms with E-state index in [0.717, 1.165) is 5.69 Å². The summed E-state index contributed by atoms with van der Waals surface area (Å²) < 4.78 is 34.3. The number of methoxy groups -OCH3 is 1. The van der Waals surface area contributed by atoms with Crippen molar-refractivity contribution in [2.24, 2.45) is 7.05 Å². The van der Waals surface area contributed by atoms with Gasteiger partial charge in [-0.2, -0.15) is 5.10 Å². The predicted octanol–water partition coefficient (Wildman–Crippen LogP) is 1.43. The highest BCUT2D eigenvalue weighted by Crippen LogP contribution is 2.29. The van der Waals surface area contributed by atoms with Gasteiger partial charge in [0.05, 0.1) is 24.2 Å². The van der Waals surface area contributed by atoms with Crippen molar-refractivity contribution in [1.82, 2.24) is 9.78 Å². The van der Waals surface area contributed by atoms with Gasteiger partial charge in [0.15, 0.2) is 0 Å². The van der Waals surface area contributed by atoms with E-state index in [4.69, 9.17) is 10.5 Å². The number of rotatable bonds is 4. The molecule has 3 N–H and O–H groups in total. The predicted molar refractivity (Wildman–Crippen MR) is 80.9 cm³/mol. The zero-order valence-corrected chi connectivity index (χ0v) is 13.2. The third-order valence-corrected chi connectivity index (χ3v) is 4.61. The van der Waals surface area contributed by atoms with E-state index in [9.17, 15) is 8.42 Å². The molecule has 1 heterocycles. The van der Waals surface area contributed by atoms with Crippen LogP contribution in [0.3, 0.4) is 0 Å². The molecule has 1 aromatic carbocycles. The summed E-state index contributed by atoms with van der Waals surface area (Å²) in [5.74, 6) is 0.196. The highest BCUT2D eigenvalue weighted by molar-refractivity contribution is 7.92. The van der Waals surface area contributed by atoms with Crippen LogP contribution in [0, 0.1) is 13.8 Å². The molecule has 114 valence electrons. The summed E-state index contributed by atoms with van der Waals surface area (Å²) in [4.78, 5) is 0.0295. The zero-order chi connectivity index (χ0) is 15.8. The van der Waals surface area contributed by atoms with Gasteiger partial charge in [-0.05, 0) is 26.0 Å². The van der Waals surface area contributed by atoms with Gasteiger partial charge in [-0.15, -0.1) is 0 Å². The van der Waals surface area contributed by atoms with Gasteiger partial charge in [-0.1, -0.05) is 0 Å². The van der Waals surface area contributed by atoms with E-state index in [1.54, 1.807) is 25.6 Å². The normalized spacial score (nSPS) is 11.4. The maximum atomic E-state index is 12.5. The topological polar surface area (TPSA) is 99.2 Å². The zero-order valence-electron chi connectivity index (χ0n) is 12.3. The lowest BCUT2D eigenvalue weighted by atomic mass is 10.3. The number of benzene rings is 1. The van der Waals surface area contributed by atoms with E-state index < -0.39 is 10.0 Å². The van der Waals surface area contributed by atoms with Crippen LogP contribution in [0.1, 0.15) is 11.4 Å². The molecule has 0 aliphatic rings.